The van der Waals surface area contributed by atoms with Crippen LogP contribution in [-0.2, 0) is 0 Å². The SMILES string of the molecule is CCCCCCC1(C)NC(c2ccc(OC)cc2)=CC(c2cccc(OC)c2O)[NH2+]1. The summed E-state index contributed by atoms with van der Waals surface area (Å²) >= 11 is 0. The number of benzene rings is 2. The molecule has 0 spiro atoms. The van der Waals surface area contributed by atoms with Gasteiger partial charge in [0.05, 0.1) is 19.8 Å². The molecule has 1 aliphatic heterocycles. The zero-order valence-corrected chi connectivity index (χ0v) is 18.6. The van der Waals surface area contributed by atoms with Gasteiger partial charge in [-0.05, 0) is 48.4 Å². The van der Waals surface area contributed by atoms with Crippen molar-refractivity contribution in [3.63, 3.8) is 0 Å². The Kier molecular flexibility index (Phi) is 7.27. The molecule has 162 valence electrons. The summed E-state index contributed by atoms with van der Waals surface area (Å²) in [6, 6.07) is 13.8. The van der Waals surface area contributed by atoms with Crippen LogP contribution in [0.15, 0.2) is 48.5 Å². The first kappa shape index (κ1) is 22.0. The second-order valence-electron chi connectivity index (χ2n) is 8.25. The first-order chi connectivity index (χ1) is 14.5. The average molecular weight is 412 g/mol. The van der Waals surface area contributed by atoms with E-state index in [0.29, 0.717) is 5.75 Å². The highest BCUT2D eigenvalue weighted by molar-refractivity contribution is 5.67. The topological polar surface area (TPSA) is 67.3 Å². The molecule has 0 amide bonds. The number of methoxy groups -OCH3 is 2. The molecule has 2 aromatic rings. The van der Waals surface area contributed by atoms with Gasteiger partial charge in [0.1, 0.15) is 11.8 Å². The van der Waals surface area contributed by atoms with Gasteiger partial charge in [-0.15, -0.1) is 0 Å². The second kappa shape index (κ2) is 9.90. The van der Waals surface area contributed by atoms with Crippen molar-refractivity contribution in [2.75, 3.05) is 14.2 Å². The maximum absolute atomic E-state index is 10.8. The number of phenolic OH excluding ortho intramolecular Hbond substituents is 1. The van der Waals surface area contributed by atoms with E-state index in [1.165, 1.54) is 25.7 Å². The standard InChI is InChI=1S/C25H34N2O3/c1-5-6-7-8-16-25(2)26-21(18-12-14-19(29-3)15-13-18)17-22(27-25)20-10-9-11-23(30-4)24(20)28/h9-15,17,22,26-28H,5-8,16H2,1-4H3/p+1. The minimum Gasteiger partial charge on any atom is -0.504 e. The van der Waals surface area contributed by atoms with Crippen LogP contribution in [0.3, 0.4) is 0 Å². The quantitative estimate of drug-likeness (QED) is 0.537. The number of hydrogen-bond acceptors (Lipinski definition) is 4. The van der Waals surface area contributed by atoms with Crippen molar-refractivity contribution in [2.24, 2.45) is 0 Å². The molecule has 0 saturated heterocycles. The van der Waals surface area contributed by atoms with E-state index < -0.39 is 0 Å². The van der Waals surface area contributed by atoms with E-state index in [4.69, 9.17) is 9.47 Å². The molecular formula is C25H35N2O3+. The minimum atomic E-state index is -0.169. The van der Waals surface area contributed by atoms with Gasteiger partial charge in [0.25, 0.3) is 0 Å². The van der Waals surface area contributed by atoms with E-state index in [0.717, 1.165) is 29.0 Å². The number of aromatic hydroxyl groups is 1. The molecule has 2 atom stereocenters. The predicted molar refractivity (Wildman–Crippen MR) is 121 cm³/mol. The Labute approximate surface area is 180 Å². The van der Waals surface area contributed by atoms with E-state index in [-0.39, 0.29) is 17.5 Å². The van der Waals surface area contributed by atoms with Gasteiger partial charge in [-0.2, -0.15) is 0 Å². The number of rotatable bonds is 9. The lowest BCUT2D eigenvalue weighted by Crippen LogP contribution is -3.01. The molecule has 3 rings (SSSR count). The molecule has 0 bridgehead atoms. The van der Waals surface area contributed by atoms with Crippen LogP contribution in [0.1, 0.15) is 63.1 Å². The van der Waals surface area contributed by atoms with Gasteiger partial charge in [-0.25, -0.2) is 0 Å². The van der Waals surface area contributed by atoms with E-state index in [2.05, 4.69) is 42.7 Å². The third-order valence-corrected chi connectivity index (χ3v) is 5.87. The summed E-state index contributed by atoms with van der Waals surface area (Å²) in [5.74, 6) is 1.55. The number of para-hydroxylation sites is 1. The summed E-state index contributed by atoms with van der Waals surface area (Å²) in [4.78, 5) is 0. The highest BCUT2D eigenvalue weighted by atomic mass is 16.5. The largest absolute Gasteiger partial charge is 0.504 e. The molecule has 2 unspecified atom stereocenters. The van der Waals surface area contributed by atoms with Gasteiger partial charge in [0.2, 0.25) is 0 Å². The zero-order chi connectivity index (χ0) is 21.6. The first-order valence-corrected chi connectivity index (χ1v) is 10.9. The fraction of sp³-hybridized carbons (Fsp3) is 0.440. The van der Waals surface area contributed by atoms with Crippen molar-refractivity contribution in [3.8, 4) is 17.2 Å². The zero-order valence-electron chi connectivity index (χ0n) is 18.6. The molecular weight excluding hydrogens is 376 g/mol. The second-order valence-corrected chi connectivity index (χ2v) is 8.25. The maximum atomic E-state index is 10.8. The third kappa shape index (κ3) is 5.08. The van der Waals surface area contributed by atoms with Crippen molar-refractivity contribution in [1.82, 2.24) is 5.32 Å². The number of ether oxygens (including phenoxy) is 2. The van der Waals surface area contributed by atoms with Gasteiger partial charge in [-0.1, -0.05) is 32.3 Å². The smallest absolute Gasteiger partial charge is 0.167 e. The van der Waals surface area contributed by atoms with Crippen molar-refractivity contribution < 1.29 is 19.9 Å². The average Bonchev–Trinajstić information content (AvgIpc) is 2.76. The summed E-state index contributed by atoms with van der Waals surface area (Å²) in [5, 5.41) is 16.9. The van der Waals surface area contributed by atoms with Gasteiger partial charge < -0.3 is 25.2 Å². The Balaban J connectivity index is 1.94. The van der Waals surface area contributed by atoms with Crippen LogP contribution < -0.4 is 20.1 Å². The van der Waals surface area contributed by atoms with Crippen molar-refractivity contribution in [2.45, 2.75) is 57.7 Å². The number of unbranched alkanes of at least 4 members (excludes halogenated alkanes) is 3. The van der Waals surface area contributed by atoms with Crippen LogP contribution in [0.25, 0.3) is 5.70 Å². The van der Waals surface area contributed by atoms with Crippen molar-refractivity contribution in [1.29, 1.82) is 0 Å². The Morgan fingerprint density at radius 2 is 1.80 bits per heavy atom. The molecule has 0 fully saturated rings. The fourth-order valence-electron chi connectivity index (χ4n) is 4.17. The maximum Gasteiger partial charge on any atom is 0.167 e. The van der Waals surface area contributed by atoms with E-state index in [1.807, 2.05) is 24.3 Å². The van der Waals surface area contributed by atoms with E-state index >= 15 is 0 Å². The van der Waals surface area contributed by atoms with Gasteiger partial charge in [-0.3, -0.25) is 0 Å². The number of hydrogen-bond donors (Lipinski definition) is 3. The lowest BCUT2D eigenvalue weighted by Gasteiger charge is -2.38. The first-order valence-electron chi connectivity index (χ1n) is 10.9. The van der Waals surface area contributed by atoms with Crippen LogP contribution in [0.5, 0.6) is 17.2 Å². The molecule has 0 saturated carbocycles. The fourth-order valence-corrected chi connectivity index (χ4v) is 4.17. The van der Waals surface area contributed by atoms with Crippen LogP contribution >= 0.6 is 0 Å². The molecule has 0 aromatic heterocycles. The molecule has 5 heteroatoms. The summed E-state index contributed by atoms with van der Waals surface area (Å²) in [7, 11) is 3.26. The lowest BCUT2D eigenvalue weighted by atomic mass is 9.92. The van der Waals surface area contributed by atoms with Gasteiger partial charge in [0, 0.05) is 25.1 Å². The summed E-state index contributed by atoms with van der Waals surface area (Å²) in [5.41, 5.74) is 2.88. The Bertz CT molecular complexity index is 863. The van der Waals surface area contributed by atoms with E-state index in [9.17, 15) is 5.11 Å². The molecule has 1 heterocycles. The molecule has 30 heavy (non-hydrogen) atoms. The van der Waals surface area contributed by atoms with Crippen LogP contribution in [0, 0.1) is 0 Å². The minimum absolute atomic E-state index is 0.0189. The van der Waals surface area contributed by atoms with Crippen LogP contribution in [-0.4, -0.2) is 25.0 Å². The highest BCUT2D eigenvalue weighted by Crippen LogP contribution is 2.35. The summed E-state index contributed by atoms with van der Waals surface area (Å²) in [6.07, 6.45) is 8.12. The number of nitrogens with two attached hydrogens (primary N) is 1. The predicted octanol–water partition coefficient (Wildman–Crippen LogP) is 4.34. The number of quaternary nitrogens is 1. The van der Waals surface area contributed by atoms with Crippen molar-refractivity contribution >= 4 is 5.70 Å². The van der Waals surface area contributed by atoms with Gasteiger partial charge >= 0.3 is 0 Å². The Morgan fingerprint density at radius 3 is 2.47 bits per heavy atom. The van der Waals surface area contributed by atoms with Crippen molar-refractivity contribution in [3.05, 3.63) is 59.7 Å². The molecule has 2 aromatic carbocycles. The normalized spacial score (nSPS) is 20.9. The van der Waals surface area contributed by atoms with Gasteiger partial charge in [0.15, 0.2) is 17.2 Å². The van der Waals surface area contributed by atoms with Crippen LogP contribution in [0.4, 0.5) is 0 Å². The molecule has 0 aliphatic carbocycles. The van der Waals surface area contributed by atoms with E-state index in [1.54, 1.807) is 20.3 Å². The molecule has 0 radical (unpaired) electrons. The Hall–Kier alpha value is -2.66. The third-order valence-electron chi connectivity index (χ3n) is 5.87. The number of nitrogens with one attached hydrogen (secondary N) is 1. The lowest BCUT2D eigenvalue weighted by molar-refractivity contribution is -0.758. The molecule has 1 aliphatic rings. The Morgan fingerprint density at radius 1 is 1.03 bits per heavy atom. The van der Waals surface area contributed by atoms with Crippen LogP contribution in [0.2, 0.25) is 0 Å². The number of phenols is 1. The molecule has 5 nitrogen and oxygen atoms in total. The summed E-state index contributed by atoms with van der Waals surface area (Å²) in [6.45, 7) is 4.48. The monoisotopic (exact) mass is 411 g/mol. The highest BCUT2D eigenvalue weighted by Gasteiger charge is 2.37. The summed E-state index contributed by atoms with van der Waals surface area (Å²) < 4.78 is 10.7. The molecule has 4 N–H and O–H groups in total.